The summed E-state index contributed by atoms with van der Waals surface area (Å²) in [6.45, 7) is 3.41. The molecule has 1 aliphatic heterocycles. The zero-order chi connectivity index (χ0) is 15.1. The number of nitrogens with zero attached hydrogens (tertiary/aromatic N) is 2. The monoisotopic (exact) mass is 296 g/mol. The molecule has 8 nitrogen and oxygen atoms in total. The number of rotatable bonds is 7. The molecule has 0 aliphatic carbocycles. The molecule has 2 N–H and O–H groups in total. The molecule has 0 saturated carbocycles. The van der Waals surface area contributed by atoms with Gasteiger partial charge in [-0.1, -0.05) is 5.16 Å². The number of carbonyl (C=O) groups excluding carboxylic acids is 2. The predicted octanol–water partition coefficient (Wildman–Crippen LogP) is 0.567. The smallest absolute Gasteiger partial charge is 0.305 e. The summed E-state index contributed by atoms with van der Waals surface area (Å²) in [5, 5.41) is 9.54. The minimum atomic E-state index is -0.396. The number of ether oxygens (including phenoxy) is 1. The standard InChI is InChI=1S/C13H20N4O4/c1-2-20-10(18)6-4-8-15-12(19)11-16-13(21-17-11)9-5-3-7-14-9/h9,14H,2-8H2,1H3,(H,15,19). The Labute approximate surface area is 122 Å². The quantitative estimate of drug-likeness (QED) is 0.559. The Bertz CT molecular complexity index is 482. The summed E-state index contributed by atoms with van der Waals surface area (Å²) in [5.41, 5.74) is 0. The van der Waals surface area contributed by atoms with Crippen molar-refractivity contribution in [2.75, 3.05) is 19.7 Å². The van der Waals surface area contributed by atoms with E-state index in [2.05, 4.69) is 20.8 Å². The molecule has 1 amide bonds. The molecule has 0 radical (unpaired) electrons. The molecule has 0 aromatic carbocycles. The largest absolute Gasteiger partial charge is 0.466 e. The number of aromatic nitrogens is 2. The lowest BCUT2D eigenvalue weighted by Gasteiger charge is -2.03. The molecule has 1 aliphatic rings. The van der Waals surface area contributed by atoms with E-state index in [0.29, 0.717) is 25.5 Å². The van der Waals surface area contributed by atoms with Gasteiger partial charge in [0.1, 0.15) is 0 Å². The first-order valence-electron chi connectivity index (χ1n) is 7.21. The second-order valence-corrected chi connectivity index (χ2v) is 4.77. The first-order chi connectivity index (χ1) is 10.2. The van der Waals surface area contributed by atoms with Gasteiger partial charge in [0.05, 0.1) is 12.6 Å². The van der Waals surface area contributed by atoms with Gasteiger partial charge in [0.25, 0.3) is 11.7 Å². The first-order valence-corrected chi connectivity index (χ1v) is 7.21. The fourth-order valence-corrected chi connectivity index (χ4v) is 2.11. The van der Waals surface area contributed by atoms with Crippen molar-refractivity contribution in [3.8, 4) is 0 Å². The van der Waals surface area contributed by atoms with Crippen molar-refractivity contribution in [1.82, 2.24) is 20.8 Å². The van der Waals surface area contributed by atoms with Gasteiger partial charge in [-0.3, -0.25) is 9.59 Å². The summed E-state index contributed by atoms with van der Waals surface area (Å²) in [7, 11) is 0. The highest BCUT2D eigenvalue weighted by atomic mass is 16.5. The van der Waals surface area contributed by atoms with Crippen molar-refractivity contribution < 1.29 is 18.8 Å². The van der Waals surface area contributed by atoms with Crippen molar-refractivity contribution >= 4 is 11.9 Å². The normalized spacial score (nSPS) is 17.7. The Morgan fingerprint density at radius 1 is 1.52 bits per heavy atom. The topological polar surface area (TPSA) is 106 Å². The lowest BCUT2D eigenvalue weighted by Crippen LogP contribution is -2.26. The van der Waals surface area contributed by atoms with Crippen LogP contribution >= 0.6 is 0 Å². The van der Waals surface area contributed by atoms with Crippen molar-refractivity contribution in [2.24, 2.45) is 0 Å². The molecular weight excluding hydrogens is 276 g/mol. The van der Waals surface area contributed by atoms with Gasteiger partial charge in [0.2, 0.25) is 5.89 Å². The summed E-state index contributed by atoms with van der Waals surface area (Å²) in [5.74, 6) is -0.188. The molecule has 1 saturated heterocycles. The zero-order valence-electron chi connectivity index (χ0n) is 12.1. The number of amides is 1. The number of esters is 1. The molecule has 2 heterocycles. The number of hydrogen-bond acceptors (Lipinski definition) is 7. The number of nitrogens with one attached hydrogen (secondary N) is 2. The van der Waals surface area contributed by atoms with Gasteiger partial charge in [0.15, 0.2) is 0 Å². The minimum Gasteiger partial charge on any atom is -0.466 e. The van der Waals surface area contributed by atoms with Crippen molar-refractivity contribution in [3.63, 3.8) is 0 Å². The highest BCUT2D eigenvalue weighted by molar-refractivity contribution is 5.90. The molecule has 1 unspecified atom stereocenters. The second-order valence-electron chi connectivity index (χ2n) is 4.77. The van der Waals surface area contributed by atoms with Gasteiger partial charge in [0, 0.05) is 13.0 Å². The third kappa shape index (κ3) is 4.52. The maximum Gasteiger partial charge on any atom is 0.305 e. The maximum absolute atomic E-state index is 11.8. The van der Waals surface area contributed by atoms with Crippen LogP contribution in [0.4, 0.5) is 0 Å². The van der Waals surface area contributed by atoms with Gasteiger partial charge in [-0.2, -0.15) is 4.98 Å². The second kappa shape index (κ2) is 7.72. The Balaban J connectivity index is 1.72. The maximum atomic E-state index is 11.8. The molecule has 0 spiro atoms. The molecule has 2 rings (SSSR count). The van der Waals surface area contributed by atoms with Crippen LogP contribution in [0.1, 0.15) is 55.2 Å². The van der Waals surface area contributed by atoms with E-state index < -0.39 is 5.91 Å². The third-order valence-corrected chi connectivity index (χ3v) is 3.15. The molecule has 0 bridgehead atoms. The molecular formula is C13H20N4O4. The van der Waals surface area contributed by atoms with Gasteiger partial charge < -0.3 is 19.9 Å². The summed E-state index contributed by atoms with van der Waals surface area (Å²) < 4.78 is 9.88. The van der Waals surface area contributed by atoms with Crippen molar-refractivity contribution in [1.29, 1.82) is 0 Å². The average Bonchev–Trinajstić information content (AvgIpc) is 3.13. The van der Waals surface area contributed by atoms with Crippen LogP contribution in [0.3, 0.4) is 0 Å². The molecule has 1 aromatic heterocycles. The van der Waals surface area contributed by atoms with Crippen LogP contribution in [-0.4, -0.2) is 41.7 Å². The number of carbonyl (C=O) groups is 2. The minimum absolute atomic E-state index is 0.0230. The summed E-state index contributed by atoms with van der Waals surface area (Å²) in [6.07, 6.45) is 2.78. The Morgan fingerprint density at radius 3 is 3.10 bits per heavy atom. The SMILES string of the molecule is CCOC(=O)CCCNC(=O)c1noc(C2CCCN2)n1. The highest BCUT2D eigenvalue weighted by Gasteiger charge is 2.24. The van der Waals surface area contributed by atoms with Gasteiger partial charge in [-0.05, 0) is 32.7 Å². The molecule has 21 heavy (non-hydrogen) atoms. The summed E-state index contributed by atoms with van der Waals surface area (Å²) in [6, 6.07) is 0.0443. The van der Waals surface area contributed by atoms with Gasteiger partial charge in [-0.25, -0.2) is 0 Å². The van der Waals surface area contributed by atoms with E-state index >= 15 is 0 Å². The highest BCUT2D eigenvalue weighted by Crippen LogP contribution is 2.20. The summed E-state index contributed by atoms with van der Waals surface area (Å²) >= 11 is 0. The lowest BCUT2D eigenvalue weighted by molar-refractivity contribution is -0.143. The van der Waals surface area contributed by atoms with E-state index in [1.54, 1.807) is 6.92 Å². The van der Waals surface area contributed by atoms with E-state index in [4.69, 9.17) is 9.26 Å². The molecule has 1 aromatic rings. The van der Waals surface area contributed by atoms with E-state index in [-0.39, 0.29) is 24.3 Å². The predicted molar refractivity (Wildman–Crippen MR) is 72.5 cm³/mol. The first kappa shape index (κ1) is 15.4. The van der Waals surface area contributed by atoms with E-state index in [9.17, 15) is 9.59 Å². The van der Waals surface area contributed by atoms with Gasteiger partial charge >= 0.3 is 5.97 Å². The van der Waals surface area contributed by atoms with Crippen LogP contribution < -0.4 is 10.6 Å². The molecule has 1 fully saturated rings. The van der Waals surface area contributed by atoms with Crippen LogP contribution in [-0.2, 0) is 9.53 Å². The van der Waals surface area contributed by atoms with Crippen LogP contribution in [0.2, 0.25) is 0 Å². The summed E-state index contributed by atoms with van der Waals surface area (Å²) in [4.78, 5) is 27.0. The Morgan fingerprint density at radius 2 is 2.38 bits per heavy atom. The van der Waals surface area contributed by atoms with E-state index in [1.807, 2.05) is 0 Å². The zero-order valence-corrected chi connectivity index (χ0v) is 12.1. The molecule has 116 valence electrons. The Hall–Kier alpha value is -1.96. The average molecular weight is 296 g/mol. The fourth-order valence-electron chi connectivity index (χ4n) is 2.11. The molecule has 8 heteroatoms. The van der Waals surface area contributed by atoms with E-state index in [1.165, 1.54) is 0 Å². The number of hydrogen-bond donors (Lipinski definition) is 2. The van der Waals surface area contributed by atoms with Crippen LogP contribution in [0.25, 0.3) is 0 Å². The fraction of sp³-hybridized carbons (Fsp3) is 0.692. The van der Waals surface area contributed by atoms with Crippen LogP contribution in [0.5, 0.6) is 0 Å². The van der Waals surface area contributed by atoms with Crippen LogP contribution in [0.15, 0.2) is 4.52 Å². The van der Waals surface area contributed by atoms with E-state index in [0.717, 1.165) is 19.4 Å². The van der Waals surface area contributed by atoms with Crippen molar-refractivity contribution in [2.45, 2.75) is 38.6 Å². The lowest BCUT2D eigenvalue weighted by atomic mass is 10.2. The van der Waals surface area contributed by atoms with Crippen molar-refractivity contribution in [3.05, 3.63) is 11.7 Å². The molecule has 1 atom stereocenters. The third-order valence-electron chi connectivity index (χ3n) is 3.15. The van der Waals surface area contributed by atoms with Gasteiger partial charge in [-0.15, -0.1) is 0 Å². The Kier molecular flexibility index (Phi) is 5.68. The van der Waals surface area contributed by atoms with Crippen LogP contribution in [0, 0.1) is 0 Å².